The van der Waals surface area contributed by atoms with Gasteiger partial charge in [-0.3, -0.25) is 4.90 Å². The van der Waals surface area contributed by atoms with Gasteiger partial charge in [-0.2, -0.15) is 4.68 Å². The lowest BCUT2D eigenvalue weighted by atomic mass is 10.3. The second-order valence-electron chi connectivity index (χ2n) is 4.75. The normalized spacial score (nSPS) is 20.1. The van der Waals surface area contributed by atoms with Crippen LogP contribution >= 0.6 is 0 Å². The lowest BCUT2D eigenvalue weighted by Gasteiger charge is -2.31. The van der Waals surface area contributed by atoms with Crippen LogP contribution in [0, 0.1) is 0 Å². The van der Waals surface area contributed by atoms with E-state index in [-0.39, 0.29) is 12.7 Å². The van der Waals surface area contributed by atoms with Gasteiger partial charge in [-0.1, -0.05) is 18.2 Å². The van der Waals surface area contributed by atoms with Crippen LogP contribution in [-0.4, -0.2) is 62.6 Å². The third kappa shape index (κ3) is 2.84. The summed E-state index contributed by atoms with van der Waals surface area (Å²) in [7, 11) is 0. The van der Waals surface area contributed by atoms with Gasteiger partial charge in [-0.25, -0.2) is 0 Å². The summed E-state index contributed by atoms with van der Waals surface area (Å²) >= 11 is 0. The largest absolute Gasteiger partial charge is 0.394 e. The van der Waals surface area contributed by atoms with Crippen LogP contribution in [0.15, 0.2) is 30.3 Å². The van der Waals surface area contributed by atoms with Crippen molar-refractivity contribution < 1.29 is 9.84 Å². The van der Waals surface area contributed by atoms with Crippen molar-refractivity contribution in [3.05, 3.63) is 36.2 Å². The number of hydrogen-bond donors (Lipinski definition) is 1. The Morgan fingerprint density at radius 1 is 1.30 bits per heavy atom. The van der Waals surface area contributed by atoms with Crippen LogP contribution in [0.1, 0.15) is 5.82 Å². The number of hydrogen-bond acceptors (Lipinski definition) is 6. The van der Waals surface area contributed by atoms with Gasteiger partial charge in [0.1, 0.15) is 0 Å². The highest BCUT2D eigenvalue weighted by Crippen LogP contribution is 2.11. The van der Waals surface area contributed by atoms with Crippen molar-refractivity contribution in [2.45, 2.75) is 12.6 Å². The number of aromatic nitrogens is 4. The molecule has 2 heterocycles. The Bertz CT molecular complexity index is 545. The van der Waals surface area contributed by atoms with Crippen LogP contribution in [0.4, 0.5) is 0 Å². The minimum absolute atomic E-state index is 0.0418. The Balaban J connectivity index is 1.74. The SMILES string of the molecule is OCC1CN(Cc2nnnn2-c2ccccc2)CCO1. The van der Waals surface area contributed by atoms with Crippen LogP contribution in [0.25, 0.3) is 5.69 Å². The van der Waals surface area contributed by atoms with E-state index in [0.29, 0.717) is 19.7 Å². The third-order valence-corrected chi connectivity index (χ3v) is 3.33. The lowest BCUT2D eigenvalue weighted by molar-refractivity contribution is -0.0558. The summed E-state index contributed by atoms with van der Waals surface area (Å²) in [6, 6.07) is 9.81. The molecule has 0 aliphatic carbocycles. The Kier molecular flexibility index (Phi) is 4.00. The summed E-state index contributed by atoms with van der Waals surface area (Å²) in [5.41, 5.74) is 0.944. The smallest absolute Gasteiger partial charge is 0.170 e. The molecule has 2 aromatic rings. The van der Waals surface area contributed by atoms with Crippen LogP contribution in [0.5, 0.6) is 0 Å². The molecule has 1 aromatic heterocycles. The van der Waals surface area contributed by atoms with Crippen molar-refractivity contribution in [1.29, 1.82) is 0 Å². The van der Waals surface area contributed by atoms with Gasteiger partial charge >= 0.3 is 0 Å². The van der Waals surface area contributed by atoms with Crippen LogP contribution < -0.4 is 0 Å². The predicted molar refractivity (Wildman–Crippen MR) is 71.3 cm³/mol. The van der Waals surface area contributed by atoms with Gasteiger partial charge in [-0.05, 0) is 22.6 Å². The van der Waals surface area contributed by atoms with Gasteiger partial charge in [0.15, 0.2) is 5.82 Å². The van der Waals surface area contributed by atoms with Crippen LogP contribution in [0.2, 0.25) is 0 Å². The number of morpholine rings is 1. The molecule has 106 valence electrons. The topological polar surface area (TPSA) is 76.3 Å². The number of ether oxygens (including phenoxy) is 1. The summed E-state index contributed by atoms with van der Waals surface area (Å²) in [6.45, 7) is 2.82. The fourth-order valence-electron chi connectivity index (χ4n) is 2.31. The maximum atomic E-state index is 9.17. The molecule has 3 rings (SSSR count). The molecule has 0 saturated carbocycles. The second-order valence-corrected chi connectivity index (χ2v) is 4.75. The molecule has 0 bridgehead atoms. The molecule has 1 N–H and O–H groups in total. The summed E-state index contributed by atoms with van der Waals surface area (Å²) < 4.78 is 7.18. The Morgan fingerprint density at radius 3 is 2.95 bits per heavy atom. The number of tetrazole rings is 1. The first-order valence-electron chi connectivity index (χ1n) is 6.64. The molecule has 1 fully saturated rings. The van der Waals surface area contributed by atoms with E-state index in [1.165, 1.54) is 0 Å². The molecule has 1 atom stereocenters. The lowest BCUT2D eigenvalue weighted by Crippen LogP contribution is -2.43. The number of rotatable bonds is 4. The van der Waals surface area contributed by atoms with Gasteiger partial charge in [-0.15, -0.1) is 5.10 Å². The molecule has 0 spiro atoms. The maximum Gasteiger partial charge on any atom is 0.170 e. The van der Waals surface area contributed by atoms with Crippen molar-refractivity contribution in [3.63, 3.8) is 0 Å². The van der Waals surface area contributed by atoms with E-state index >= 15 is 0 Å². The second kappa shape index (κ2) is 6.08. The third-order valence-electron chi connectivity index (χ3n) is 3.33. The zero-order chi connectivity index (χ0) is 13.8. The van der Waals surface area contributed by atoms with E-state index in [4.69, 9.17) is 4.74 Å². The Morgan fingerprint density at radius 2 is 2.15 bits per heavy atom. The average molecular weight is 275 g/mol. The van der Waals surface area contributed by atoms with Crippen LogP contribution in [0.3, 0.4) is 0 Å². The first kappa shape index (κ1) is 13.2. The summed E-state index contributed by atoms with van der Waals surface area (Å²) in [4.78, 5) is 2.19. The highest BCUT2D eigenvalue weighted by molar-refractivity contribution is 5.30. The average Bonchev–Trinajstić information content (AvgIpc) is 2.96. The minimum Gasteiger partial charge on any atom is -0.394 e. The van der Waals surface area contributed by atoms with Crippen molar-refractivity contribution in [3.8, 4) is 5.69 Å². The Labute approximate surface area is 116 Å². The first-order valence-corrected chi connectivity index (χ1v) is 6.64. The fraction of sp³-hybridized carbons (Fsp3) is 0.462. The van der Waals surface area contributed by atoms with Crippen molar-refractivity contribution in [1.82, 2.24) is 25.1 Å². The minimum atomic E-state index is -0.121. The summed E-state index contributed by atoms with van der Waals surface area (Å²) in [6.07, 6.45) is -0.121. The molecule has 0 radical (unpaired) electrons. The van der Waals surface area contributed by atoms with Crippen molar-refractivity contribution >= 4 is 0 Å². The number of aliphatic hydroxyl groups is 1. The molecule has 1 saturated heterocycles. The van der Waals surface area contributed by atoms with E-state index in [1.807, 2.05) is 30.3 Å². The molecule has 0 amide bonds. The first-order chi connectivity index (χ1) is 9.86. The van der Waals surface area contributed by atoms with Crippen molar-refractivity contribution in [2.75, 3.05) is 26.3 Å². The molecule has 1 aliphatic rings. The van der Waals surface area contributed by atoms with E-state index in [9.17, 15) is 5.11 Å². The van der Waals surface area contributed by atoms with E-state index in [0.717, 1.165) is 18.1 Å². The highest BCUT2D eigenvalue weighted by atomic mass is 16.5. The zero-order valence-corrected chi connectivity index (χ0v) is 11.1. The molecule has 7 heteroatoms. The summed E-state index contributed by atoms with van der Waals surface area (Å²) in [5.74, 6) is 0.787. The molecule has 1 aromatic carbocycles. The predicted octanol–water partition coefficient (Wildman–Crippen LogP) is -0.145. The van der Waals surface area contributed by atoms with Crippen molar-refractivity contribution in [2.24, 2.45) is 0 Å². The molecule has 1 unspecified atom stereocenters. The zero-order valence-electron chi connectivity index (χ0n) is 11.1. The van der Waals surface area contributed by atoms with Gasteiger partial charge in [0, 0.05) is 13.1 Å². The Hall–Kier alpha value is -1.83. The van der Waals surface area contributed by atoms with Gasteiger partial charge in [0.05, 0.1) is 31.5 Å². The van der Waals surface area contributed by atoms with E-state index in [2.05, 4.69) is 20.4 Å². The van der Waals surface area contributed by atoms with Gasteiger partial charge < -0.3 is 9.84 Å². The molecule has 20 heavy (non-hydrogen) atoms. The van der Waals surface area contributed by atoms with Gasteiger partial charge in [0.2, 0.25) is 0 Å². The van der Waals surface area contributed by atoms with Gasteiger partial charge in [0.25, 0.3) is 0 Å². The van der Waals surface area contributed by atoms with E-state index in [1.54, 1.807) is 4.68 Å². The maximum absolute atomic E-state index is 9.17. The number of para-hydroxylation sites is 1. The standard InChI is InChI=1S/C13H17N5O2/c19-10-12-8-17(6-7-20-12)9-13-14-15-16-18(13)11-4-2-1-3-5-11/h1-5,12,19H,6-10H2. The molecule has 7 nitrogen and oxygen atoms in total. The quantitative estimate of drug-likeness (QED) is 0.836. The molecular formula is C13H17N5O2. The van der Waals surface area contributed by atoms with E-state index < -0.39 is 0 Å². The number of aliphatic hydroxyl groups excluding tert-OH is 1. The fourth-order valence-corrected chi connectivity index (χ4v) is 2.31. The molecular weight excluding hydrogens is 258 g/mol. The monoisotopic (exact) mass is 275 g/mol. The highest BCUT2D eigenvalue weighted by Gasteiger charge is 2.21. The molecule has 1 aliphatic heterocycles. The number of nitrogens with zero attached hydrogens (tertiary/aromatic N) is 5. The number of benzene rings is 1. The summed E-state index contributed by atoms with van der Waals surface area (Å²) in [5, 5.41) is 21.1. The van der Waals surface area contributed by atoms with Crippen LogP contribution in [-0.2, 0) is 11.3 Å².